The number of imidazole rings is 1. The van der Waals surface area contributed by atoms with E-state index in [-0.39, 0.29) is 16.7 Å². The van der Waals surface area contributed by atoms with Crippen molar-refractivity contribution < 1.29 is 13.2 Å². The molecule has 1 aromatic heterocycles. The van der Waals surface area contributed by atoms with Gasteiger partial charge in [0.15, 0.2) is 0 Å². The van der Waals surface area contributed by atoms with Gasteiger partial charge in [-0.2, -0.15) is 0 Å². The number of carbonyl (C=O) groups excluding carboxylic acids is 1. The van der Waals surface area contributed by atoms with E-state index >= 15 is 0 Å². The molecule has 1 amide bonds. The predicted molar refractivity (Wildman–Crippen MR) is 109 cm³/mol. The number of hydrogen-bond acceptors (Lipinski definition) is 4. The zero-order valence-corrected chi connectivity index (χ0v) is 17.1. The van der Waals surface area contributed by atoms with E-state index in [1.165, 1.54) is 19.1 Å². The lowest BCUT2D eigenvalue weighted by molar-refractivity contribution is -0.114. The number of rotatable bonds is 6. The maximum Gasteiger partial charge on any atom is 0.241 e. The van der Waals surface area contributed by atoms with Crippen LogP contribution in [0.1, 0.15) is 38.2 Å². The Kier molecular flexibility index (Phi) is 5.53. The fourth-order valence-corrected chi connectivity index (χ4v) is 4.37. The number of benzene rings is 2. The fraction of sp³-hybridized carbons (Fsp3) is 0.300. The second kappa shape index (κ2) is 7.73. The lowest BCUT2D eigenvalue weighted by Crippen LogP contribution is -2.32. The molecule has 3 N–H and O–H groups in total. The lowest BCUT2D eigenvalue weighted by Gasteiger charge is -2.20. The minimum absolute atomic E-state index is 0.0324. The number of nitrogens with one attached hydrogen (secondary N) is 3. The zero-order valence-electron chi connectivity index (χ0n) is 16.3. The van der Waals surface area contributed by atoms with Gasteiger partial charge < -0.3 is 10.3 Å². The molecular weight excluding hydrogens is 376 g/mol. The highest BCUT2D eigenvalue weighted by Gasteiger charge is 2.26. The third-order valence-corrected chi connectivity index (χ3v) is 5.80. The van der Waals surface area contributed by atoms with Crippen LogP contribution in [0.5, 0.6) is 0 Å². The summed E-state index contributed by atoms with van der Waals surface area (Å²) in [7, 11) is -3.82. The van der Waals surface area contributed by atoms with Gasteiger partial charge in [0, 0.05) is 12.6 Å². The molecule has 7 nitrogen and oxygen atoms in total. The maximum atomic E-state index is 13.0. The molecule has 3 aromatic rings. The second-order valence-corrected chi connectivity index (χ2v) is 8.91. The molecule has 0 aliphatic rings. The standard InChI is InChI=1S/C20H24N4O3S/c1-12(2)19(20-22-17-9-8-13(3)10-18(17)23-20)24-28(26,27)16-7-5-6-15(11-16)21-14(4)25/h5-12,19,24H,1-4H3,(H,21,25)(H,22,23)/t19-/m0/s1. The van der Waals surface area contributed by atoms with Crippen molar-refractivity contribution in [1.82, 2.24) is 14.7 Å². The normalized spacial score (nSPS) is 13.0. The number of nitrogens with zero attached hydrogens (tertiary/aromatic N) is 1. The Labute approximate surface area is 164 Å². The molecule has 0 aliphatic heterocycles. The first-order chi connectivity index (χ1) is 13.2. The van der Waals surface area contributed by atoms with Crippen molar-refractivity contribution in [2.45, 2.75) is 38.6 Å². The van der Waals surface area contributed by atoms with Crippen LogP contribution in [0, 0.1) is 12.8 Å². The molecule has 0 fully saturated rings. The van der Waals surface area contributed by atoms with E-state index < -0.39 is 16.1 Å². The SMILES string of the molecule is CC(=O)Nc1cccc(S(=O)(=O)N[C@H](c2nc3ccc(C)cc3[nH]2)C(C)C)c1. The van der Waals surface area contributed by atoms with Crippen molar-refractivity contribution in [3.05, 3.63) is 53.9 Å². The number of H-pyrrole nitrogens is 1. The molecule has 8 heteroatoms. The third-order valence-electron chi connectivity index (χ3n) is 4.36. The van der Waals surface area contributed by atoms with Crippen LogP contribution >= 0.6 is 0 Å². The number of sulfonamides is 1. The molecule has 2 aromatic carbocycles. The average Bonchev–Trinajstić information content (AvgIpc) is 3.02. The van der Waals surface area contributed by atoms with Crippen LogP contribution in [0.2, 0.25) is 0 Å². The number of amides is 1. The largest absolute Gasteiger partial charge is 0.341 e. The van der Waals surface area contributed by atoms with Gasteiger partial charge in [-0.15, -0.1) is 0 Å². The first-order valence-corrected chi connectivity index (χ1v) is 10.5. The third kappa shape index (κ3) is 4.40. The van der Waals surface area contributed by atoms with Crippen molar-refractivity contribution in [2.24, 2.45) is 5.92 Å². The monoisotopic (exact) mass is 400 g/mol. The first-order valence-electron chi connectivity index (χ1n) is 9.02. The molecule has 0 spiro atoms. The molecule has 0 bridgehead atoms. The van der Waals surface area contributed by atoms with Crippen LogP contribution in [0.15, 0.2) is 47.4 Å². The van der Waals surface area contributed by atoms with Gasteiger partial charge in [-0.05, 0) is 48.7 Å². The Bertz CT molecular complexity index is 1120. The number of carbonyl (C=O) groups is 1. The Balaban J connectivity index is 1.93. The second-order valence-electron chi connectivity index (χ2n) is 7.19. The summed E-state index contributed by atoms with van der Waals surface area (Å²) in [5.41, 5.74) is 3.18. The van der Waals surface area contributed by atoms with E-state index in [1.54, 1.807) is 12.1 Å². The van der Waals surface area contributed by atoms with Crippen molar-refractivity contribution in [1.29, 1.82) is 0 Å². The molecule has 148 valence electrons. The highest BCUT2D eigenvalue weighted by atomic mass is 32.2. The summed E-state index contributed by atoms with van der Waals surface area (Å²) in [5.74, 6) is 0.271. The molecular formula is C20H24N4O3S. The number of anilines is 1. The quantitative estimate of drug-likeness (QED) is 0.589. The average molecular weight is 401 g/mol. The summed E-state index contributed by atoms with van der Waals surface area (Å²) >= 11 is 0. The van der Waals surface area contributed by atoms with Gasteiger partial charge in [-0.25, -0.2) is 18.1 Å². The van der Waals surface area contributed by atoms with E-state index in [2.05, 4.69) is 20.0 Å². The minimum Gasteiger partial charge on any atom is -0.341 e. The van der Waals surface area contributed by atoms with Gasteiger partial charge >= 0.3 is 0 Å². The molecule has 0 unspecified atom stereocenters. The summed E-state index contributed by atoms with van der Waals surface area (Å²) in [5, 5.41) is 2.60. The molecule has 3 rings (SSSR count). The Morgan fingerprint density at radius 1 is 1.14 bits per heavy atom. The minimum atomic E-state index is -3.82. The lowest BCUT2D eigenvalue weighted by atomic mass is 10.1. The predicted octanol–water partition coefficient (Wildman–Crippen LogP) is 3.51. The molecule has 0 saturated carbocycles. The van der Waals surface area contributed by atoms with Crippen molar-refractivity contribution in [2.75, 3.05) is 5.32 Å². The Morgan fingerprint density at radius 3 is 2.57 bits per heavy atom. The van der Waals surface area contributed by atoms with Crippen LogP contribution < -0.4 is 10.0 Å². The highest BCUT2D eigenvalue weighted by molar-refractivity contribution is 7.89. The van der Waals surface area contributed by atoms with Crippen LogP contribution in [-0.2, 0) is 14.8 Å². The molecule has 1 heterocycles. The number of aromatic amines is 1. The summed E-state index contributed by atoms with van der Waals surface area (Å²) in [6.45, 7) is 7.22. The summed E-state index contributed by atoms with van der Waals surface area (Å²) < 4.78 is 28.7. The van der Waals surface area contributed by atoms with Crippen LogP contribution in [0.25, 0.3) is 11.0 Å². The van der Waals surface area contributed by atoms with Gasteiger partial charge in [-0.3, -0.25) is 4.79 Å². The molecule has 0 aliphatic carbocycles. The Morgan fingerprint density at radius 2 is 1.89 bits per heavy atom. The van der Waals surface area contributed by atoms with E-state index in [0.29, 0.717) is 11.5 Å². The molecule has 0 radical (unpaired) electrons. The number of fused-ring (bicyclic) bond motifs is 1. The molecule has 0 saturated heterocycles. The van der Waals surface area contributed by atoms with Crippen LogP contribution in [-0.4, -0.2) is 24.3 Å². The van der Waals surface area contributed by atoms with E-state index in [1.807, 2.05) is 39.0 Å². The van der Waals surface area contributed by atoms with Crippen LogP contribution in [0.4, 0.5) is 5.69 Å². The summed E-state index contributed by atoms with van der Waals surface area (Å²) in [4.78, 5) is 19.1. The smallest absolute Gasteiger partial charge is 0.241 e. The maximum absolute atomic E-state index is 13.0. The van der Waals surface area contributed by atoms with Gasteiger partial charge in [0.25, 0.3) is 0 Å². The van der Waals surface area contributed by atoms with E-state index in [4.69, 9.17) is 0 Å². The summed E-state index contributed by atoms with van der Waals surface area (Å²) in [6, 6.07) is 11.5. The molecule has 28 heavy (non-hydrogen) atoms. The van der Waals surface area contributed by atoms with Gasteiger partial charge in [0.05, 0.1) is 22.0 Å². The number of aryl methyl sites for hydroxylation is 1. The fourth-order valence-electron chi connectivity index (χ4n) is 2.98. The van der Waals surface area contributed by atoms with Gasteiger partial charge in [0.2, 0.25) is 15.9 Å². The van der Waals surface area contributed by atoms with E-state index in [0.717, 1.165) is 16.6 Å². The zero-order chi connectivity index (χ0) is 20.5. The number of aromatic nitrogens is 2. The molecule has 1 atom stereocenters. The first kappa shape index (κ1) is 20.0. The Hall–Kier alpha value is -2.71. The van der Waals surface area contributed by atoms with Gasteiger partial charge in [0.1, 0.15) is 5.82 Å². The topological polar surface area (TPSA) is 104 Å². The van der Waals surface area contributed by atoms with Gasteiger partial charge in [-0.1, -0.05) is 26.0 Å². The highest BCUT2D eigenvalue weighted by Crippen LogP contribution is 2.25. The van der Waals surface area contributed by atoms with Crippen LogP contribution in [0.3, 0.4) is 0 Å². The number of hydrogen-bond donors (Lipinski definition) is 3. The van der Waals surface area contributed by atoms with Crippen molar-refractivity contribution in [3.8, 4) is 0 Å². The van der Waals surface area contributed by atoms with Crippen molar-refractivity contribution in [3.63, 3.8) is 0 Å². The summed E-state index contributed by atoms with van der Waals surface area (Å²) in [6.07, 6.45) is 0. The van der Waals surface area contributed by atoms with Crippen molar-refractivity contribution >= 4 is 32.7 Å². The van der Waals surface area contributed by atoms with E-state index in [9.17, 15) is 13.2 Å².